The minimum absolute atomic E-state index is 0.0287. The van der Waals surface area contributed by atoms with Gasteiger partial charge in [0.2, 0.25) is 0 Å². The summed E-state index contributed by atoms with van der Waals surface area (Å²) in [5.74, 6) is 0.939. The summed E-state index contributed by atoms with van der Waals surface area (Å²) in [4.78, 5) is 12.6. The molecule has 0 aliphatic carbocycles. The minimum Gasteiger partial charge on any atom is -0.507 e. The van der Waals surface area contributed by atoms with Gasteiger partial charge in [0.25, 0.3) is 0 Å². The number of nitrogens with one attached hydrogen (secondary N) is 1. The molecule has 2 aromatic carbocycles. The number of aromatic hydroxyl groups is 1. The second-order valence-corrected chi connectivity index (χ2v) is 7.47. The third-order valence-corrected chi connectivity index (χ3v) is 4.70. The van der Waals surface area contributed by atoms with Crippen LogP contribution in [0.1, 0.15) is 67.6 Å². The summed E-state index contributed by atoms with van der Waals surface area (Å²) in [5.41, 5.74) is 4.16. The van der Waals surface area contributed by atoms with E-state index in [0.29, 0.717) is 17.1 Å². The first-order valence-electron chi connectivity index (χ1n) is 10.5. The molecule has 0 bridgehead atoms. The first-order chi connectivity index (χ1) is 13.9. The summed E-state index contributed by atoms with van der Waals surface area (Å²) in [5, 5.41) is 13.8. The molecular formula is C25H33NO3. The lowest BCUT2D eigenvalue weighted by atomic mass is 9.96. The number of allylic oxidation sites excluding steroid dienone is 1. The van der Waals surface area contributed by atoms with Gasteiger partial charge in [-0.3, -0.25) is 4.79 Å². The highest BCUT2D eigenvalue weighted by Crippen LogP contribution is 2.38. The molecule has 0 saturated carbocycles. The molecule has 2 N–H and O–H groups in total. The van der Waals surface area contributed by atoms with Gasteiger partial charge in [-0.15, -0.1) is 0 Å². The Hall–Kier alpha value is -2.75. The summed E-state index contributed by atoms with van der Waals surface area (Å²) < 4.78 is 6.08. The summed E-state index contributed by atoms with van der Waals surface area (Å²) in [6.07, 6.45) is 6.71. The third-order valence-electron chi connectivity index (χ3n) is 4.70. The molecule has 2 rings (SSSR count). The van der Waals surface area contributed by atoms with Crippen molar-refractivity contribution in [3.05, 3.63) is 58.7 Å². The van der Waals surface area contributed by atoms with Crippen molar-refractivity contribution >= 4 is 17.5 Å². The number of phenolic OH excluding ortho intramolecular Hbond substituents is 1. The molecule has 0 spiro atoms. The lowest BCUT2D eigenvalue weighted by Gasteiger charge is -2.20. The highest BCUT2D eigenvalue weighted by Gasteiger charge is 2.18. The summed E-state index contributed by atoms with van der Waals surface area (Å²) in [7, 11) is 1.85. The van der Waals surface area contributed by atoms with Crippen LogP contribution in [0.4, 0.5) is 5.69 Å². The van der Waals surface area contributed by atoms with E-state index in [-0.39, 0.29) is 11.9 Å². The van der Waals surface area contributed by atoms with Gasteiger partial charge in [0.15, 0.2) is 5.78 Å². The predicted octanol–water partition coefficient (Wildman–Crippen LogP) is 6.02. The summed E-state index contributed by atoms with van der Waals surface area (Å²) in [6, 6.07) is 9.34. The molecule has 0 aliphatic heterocycles. The number of hydrogen-bond donors (Lipinski definition) is 2. The average molecular weight is 396 g/mol. The predicted molar refractivity (Wildman–Crippen MR) is 121 cm³/mol. The molecule has 0 amide bonds. The van der Waals surface area contributed by atoms with E-state index in [4.69, 9.17) is 4.74 Å². The second kappa shape index (κ2) is 10.7. The first kappa shape index (κ1) is 22.5. The van der Waals surface area contributed by atoms with Crippen LogP contribution in [0.5, 0.6) is 11.5 Å². The van der Waals surface area contributed by atoms with E-state index in [2.05, 4.69) is 19.2 Å². The van der Waals surface area contributed by atoms with Crippen molar-refractivity contribution in [3.63, 3.8) is 0 Å². The van der Waals surface area contributed by atoms with Crippen LogP contribution in [-0.2, 0) is 12.8 Å². The molecule has 0 radical (unpaired) electrons. The van der Waals surface area contributed by atoms with Crippen molar-refractivity contribution in [1.82, 2.24) is 0 Å². The number of phenols is 1. The maximum Gasteiger partial charge on any atom is 0.185 e. The number of rotatable bonds is 10. The van der Waals surface area contributed by atoms with Gasteiger partial charge < -0.3 is 15.2 Å². The number of ketones is 1. The van der Waals surface area contributed by atoms with Crippen LogP contribution in [0, 0.1) is 0 Å². The number of carbonyl (C=O) groups excluding carboxylic acids is 1. The zero-order valence-corrected chi connectivity index (χ0v) is 18.2. The Labute approximate surface area is 174 Å². The van der Waals surface area contributed by atoms with Crippen molar-refractivity contribution in [2.45, 2.75) is 59.5 Å². The van der Waals surface area contributed by atoms with E-state index in [1.54, 1.807) is 6.08 Å². The normalized spacial score (nSPS) is 11.2. The van der Waals surface area contributed by atoms with Crippen LogP contribution < -0.4 is 10.1 Å². The molecule has 4 heteroatoms. The Morgan fingerprint density at radius 1 is 1.14 bits per heavy atom. The zero-order chi connectivity index (χ0) is 21.4. The molecule has 0 atom stereocenters. The molecule has 2 aromatic rings. The Kier molecular flexibility index (Phi) is 8.32. The SMILES string of the molecule is CCCc1cc(C=CC(=O)c2ccc(NC)cc2)c(OC(C)C)c(CCC)c1O. The number of hydrogen-bond acceptors (Lipinski definition) is 4. The molecule has 0 unspecified atom stereocenters. The fourth-order valence-corrected chi connectivity index (χ4v) is 3.30. The van der Waals surface area contributed by atoms with E-state index in [1.807, 2.05) is 57.3 Å². The monoisotopic (exact) mass is 395 g/mol. The highest BCUT2D eigenvalue weighted by molar-refractivity contribution is 6.07. The van der Waals surface area contributed by atoms with Crippen molar-refractivity contribution < 1.29 is 14.6 Å². The molecule has 0 aromatic heterocycles. The zero-order valence-electron chi connectivity index (χ0n) is 18.2. The molecule has 0 fully saturated rings. The highest BCUT2D eigenvalue weighted by atomic mass is 16.5. The molecule has 0 heterocycles. The van der Waals surface area contributed by atoms with Gasteiger partial charge in [-0.1, -0.05) is 26.7 Å². The molecule has 156 valence electrons. The number of aryl methyl sites for hydroxylation is 1. The molecule has 0 aliphatic rings. The average Bonchev–Trinajstić information content (AvgIpc) is 2.71. The lowest BCUT2D eigenvalue weighted by molar-refractivity contribution is 0.104. The van der Waals surface area contributed by atoms with Gasteiger partial charge in [0.1, 0.15) is 11.5 Å². The molecule has 4 nitrogen and oxygen atoms in total. The number of benzene rings is 2. The van der Waals surface area contributed by atoms with Crippen LogP contribution in [0.25, 0.3) is 6.08 Å². The van der Waals surface area contributed by atoms with Crippen LogP contribution in [0.3, 0.4) is 0 Å². The quantitative estimate of drug-likeness (QED) is 0.381. The van der Waals surface area contributed by atoms with Crippen molar-refractivity contribution in [2.75, 3.05) is 12.4 Å². The van der Waals surface area contributed by atoms with Crippen molar-refractivity contribution in [1.29, 1.82) is 0 Å². The molecule has 0 saturated heterocycles. The smallest absolute Gasteiger partial charge is 0.185 e. The second-order valence-electron chi connectivity index (χ2n) is 7.47. The number of ether oxygens (including phenoxy) is 1. The fraction of sp³-hybridized carbons (Fsp3) is 0.400. The fourth-order valence-electron chi connectivity index (χ4n) is 3.30. The van der Waals surface area contributed by atoms with Crippen LogP contribution in [0.2, 0.25) is 0 Å². The molecular weight excluding hydrogens is 362 g/mol. The van der Waals surface area contributed by atoms with Gasteiger partial charge in [0, 0.05) is 29.4 Å². The minimum atomic E-state index is -0.0645. The van der Waals surface area contributed by atoms with E-state index < -0.39 is 0 Å². The first-order valence-corrected chi connectivity index (χ1v) is 10.5. The van der Waals surface area contributed by atoms with Gasteiger partial charge in [-0.25, -0.2) is 0 Å². The Morgan fingerprint density at radius 2 is 1.79 bits per heavy atom. The number of anilines is 1. The van der Waals surface area contributed by atoms with E-state index in [9.17, 15) is 9.90 Å². The van der Waals surface area contributed by atoms with Crippen LogP contribution in [-0.4, -0.2) is 24.0 Å². The van der Waals surface area contributed by atoms with Gasteiger partial charge >= 0.3 is 0 Å². The van der Waals surface area contributed by atoms with E-state index in [1.165, 1.54) is 0 Å². The van der Waals surface area contributed by atoms with Gasteiger partial charge in [-0.2, -0.15) is 0 Å². The van der Waals surface area contributed by atoms with Crippen LogP contribution in [0.15, 0.2) is 36.4 Å². The topological polar surface area (TPSA) is 58.6 Å². The van der Waals surface area contributed by atoms with E-state index >= 15 is 0 Å². The number of carbonyl (C=O) groups is 1. The van der Waals surface area contributed by atoms with Gasteiger partial charge in [0.05, 0.1) is 6.10 Å². The van der Waals surface area contributed by atoms with Crippen LogP contribution >= 0.6 is 0 Å². The summed E-state index contributed by atoms with van der Waals surface area (Å²) >= 11 is 0. The standard InChI is InChI=1S/C25H33NO3/c1-6-8-19-16-20(25(29-17(3)4)22(9-7-2)24(19)28)12-15-23(27)18-10-13-21(26-5)14-11-18/h10-17,26,28H,6-9H2,1-5H3. The summed E-state index contributed by atoms with van der Waals surface area (Å²) in [6.45, 7) is 8.10. The van der Waals surface area contributed by atoms with E-state index in [0.717, 1.165) is 48.1 Å². The maximum atomic E-state index is 12.6. The molecule has 29 heavy (non-hydrogen) atoms. The Morgan fingerprint density at radius 3 is 2.34 bits per heavy atom. The van der Waals surface area contributed by atoms with Crippen molar-refractivity contribution in [2.24, 2.45) is 0 Å². The third kappa shape index (κ3) is 5.86. The Bertz CT molecular complexity index is 851. The van der Waals surface area contributed by atoms with Gasteiger partial charge in [-0.05, 0) is 74.7 Å². The maximum absolute atomic E-state index is 12.6. The van der Waals surface area contributed by atoms with Crippen molar-refractivity contribution in [3.8, 4) is 11.5 Å². The Balaban J connectivity index is 2.46. The lowest BCUT2D eigenvalue weighted by Crippen LogP contribution is -2.10. The largest absolute Gasteiger partial charge is 0.507 e.